The van der Waals surface area contributed by atoms with Gasteiger partial charge in [0.15, 0.2) is 0 Å². The molecule has 3 rings (SSSR count). The normalized spacial score (nSPS) is 11.0. The van der Waals surface area contributed by atoms with Crippen molar-refractivity contribution < 1.29 is 8.78 Å². The van der Waals surface area contributed by atoms with Crippen LogP contribution in [0.3, 0.4) is 0 Å². The van der Waals surface area contributed by atoms with Gasteiger partial charge in [-0.2, -0.15) is 0 Å². The molecule has 0 bridgehead atoms. The van der Waals surface area contributed by atoms with Crippen LogP contribution in [0.5, 0.6) is 0 Å². The van der Waals surface area contributed by atoms with E-state index in [9.17, 15) is 13.6 Å². The highest BCUT2D eigenvalue weighted by molar-refractivity contribution is 9.10. The Bertz CT molecular complexity index is 889. The molecule has 3 aromatic rings. The summed E-state index contributed by atoms with van der Waals surface area (Å²) in [6.45, 7) is -0.155. The van der Waals surface area contributed by atoms with E-state index in [1.165, 1.54) is 22.8 Å². The van der Waals surface area contributed by atoms with Gasteiger partial charge in [-0.25, -0.2) is 8.78 Å². The predicted molar refractivity (Wildman–Crippen MR) is 81.4 cm³/mol. The summed E-state index contributed by atoms with van der Waals surface area (Å²) in [7, 11) is 0. The van der Waals surface area contributed by atoms with Crippen LogP contribution in [0.4, 0.5) is 8.78 Å². The largest absolute Gasteiger partial charge is 0.304 e. The van der Waals surface area contributed by atoms with Crippen LogP contribution in [0.25, 0.3) is 10.9 Å². The number of rotatable bonds is 2. The molecule has 5 heteroatoms. The standard InChI is InChI=1S/C16H10BrF2NO/c17-12-6-7-13(18)11(16(12)19)9-20-14-4-2-1-3-10(14)5-8-15(20)21/h1-8H,9H2. The second kappa shape index (κ2) is 5.41. The molecule has 0 N–H and O–H groups in total. The van der Waals surface area contributed by atoms with Crippen molar-refractivity contribution in [1.29, 1.82) is 0 Å². The van der Waals surface area contributed by atoms with Crippen molar-refractivity contribution in [1.82, 2.24) is 4.57 Å². The Kier molecular flexibility index (Phi) is 3.59. The Labute approximate surface area is 127 Å². The van der Waals surface area contributed by atoms with Crippen molar-refractivity contribution in [3.8, 4) is 0 Å². The Balaban J connectivity index is 2.22. The number of benzene rings is 2. The van der Waals surface area contributed by atoms with Crippen molar-refractivity contribution in [3.63, 3.8) is 0 Å². The molecule has 0 unspecified atom stereocenters. The molecule has 0 saturated carbocycles. The van der Waals surface area contributed by atoms with E-state index in [0.717, 1.165) is 5.39 Å². The van der Waals surface area contributed by atoms with Gasteiger partial charge in [-0.3, -0.25) is 4.79 Å². The maximum absolute atomic E-state index is 14.1. The topological polar surface area (TPSA) is 22.0 Å². The van der Waals surface area contributed by atoms with Gasteiger partial charge in [0.1, 0.15) is 11.6 Å². The first-order valence-electron chi connectivity index (χ1n) is 6.29. The summed E-state index contributed by atoms with van der Waals surface area (Å²) in [6, 6.07) is 12.8. The number of hydrogen-bond acceptors (Lipinski definition) is 1. The maximum atomic E-state index is 14.1. The molecule has 1 aromatic heterocycles. The monoisotopic (exact) mass is 349 g/mol. The highest BCUT2D eigenvalue weighted by atomic mass is 79.9. The molecule has 0 aliphatic rings. The van der Waals surface area contributed by atoms with Gasteiger partial charge in [0.2, 0.25) is 0 Å². The van der Waals surface area contributed by atoms with Gasteiger partial charge >= 0.3 is 0 Å². The van der Waals surface area contributed by atoms with Gasteiger partial charge in [-0.15, -0.1) is 0 Å². The van der Waals surface area contributed by atoms with Crippen molar-refractivity contribution in [2.75, 3.05) is 0 Å². The van der Waals surface area contributed by atoms with E-state index in [1.54, 1.807) is 18.2 Å². The lowest BCUT2D eigenvalue weighted by Gasteiger charge is -2.12. The highest BCUT2D eigenvalue weighted by Gasteiger charge is 2.14. The molecule has 0 fully saturated rings. The quantitative estimate of drug-likeness (QED) is 0.638. The molecule has 0 radical (unpaired) electrons. The third-order valence-corrected chi connectivity index (χ3v) is 3.97. The number of fused-ring (bicyclic) bond motifs is 1. The van der Waals surface area contributed by atoms with Crippen LogP contribution in [0.1, 0.15) is 5.56 Å². The number of para-hydroxylation sites is 1. The molecular formula is C16H10BrF2NO. The van der Waals surface area contributed by atoms with E-state index in [2.05, 4.69) is 15.9 Å². The summed E-state index contributed by atoms with van der Waals surface area (Å²) >= 11 is 3.03. The number of pyridine rings is 1. The van der Waals surface area contributed by atoms with E-state index in [-0.39, 0.29) is 22.1 Å². The van der Waals surface area contributed by atoms with Crippen LogP contribution in [0.15, 0.2) is 57.8 Å². The van der Waals surface area contributed by atoms with Crippen LogP contribution in [0.2, 0.25) is 0 Å². The molecule has 2 nitrogen and oxygen atoms in total. The Morgan fingerprint density at radius 3 is 2.57 bits per heavy atom. The Hall–Kier alpha value is -2.01. The zero-order valence-corrected chi connectivity index (χ0v) is 12.4. The van der Waals surface area contributed by atoms with Gasteiger partial charge in [0.25, 0.3) is 5.56 Å². The van der Waals surface area contributed by atoms with Crippen LogP contribution in [-0.4, -0.2) is 4.57 Å². The fourth-order valence-corrected chi connectivity index (χ4v) is 2.65. The van der Waals surface area contributed by atoms with Crippen molar-refractivity contribution in [3.05, 3.63) is 80.6 Å². The number of hydrogen-bond donors (Lipinski definition) is 0. The van der Waals surface area contributed by atoms with E-state index in [4.69, 9.17) is 0 Å². The second-order valence-corrected chi connectivity index (χ2v) is 5.49. The molecule has 0 spiro atoms. The Morgan fingerprint density at radius 1 is 1.00 bits per heavy atom. The summed E-state index contributed by atoms with van der Waals surface area (Å²) in [5, 5.41) is 0.841. The van der Waals surface area contributed by atoms with E-state index in [0.29, 0.717) is 5.52 Å². The lowest BCUT2D eigenvalue weighted by Crippen LogP contribution is -2.21. The van der Waals surface area contributed by atoms with Gasteiger partial charge in [0.05, 0.1) is 16.5 Å². The van der Waals surface area contributed by atoms with Gasteiger partial charge in [-0.05, 0) is 45.6 Å². The fourth-order valence-electron chi connectivity index (χ4n) is 2.28. The first-order chi connectivity index (χ1) is 10.1. The predicted octanol–water partition coefficient (Wildman–Crippen LogP) is 4.09. The third-order valence-electron chi connectivity index (χ3n) is 3.35. The Morgan fingerprint density at radius 2 is 1.76 bits per heavy atom. The van der Waals surface area contributed by atoms with Crippen LogP contribution in [0, 0.1) is 11.6 Å². The minimum atomic E-state index is -0.685. The minimum Gasteiger partial charge on any atom is -0.304 e. The number of nitrogens with zero attached hydrogens (tertiary/aromatic N) is 1. The first-order valence-corrected chi connectivity index (χ1v) is 7.08. The molecule has 21 heavy (non-hydrogen) atoms. The molecule has 106 valence electrons. The van der Waals surface area contributed by atoms with Gasteiger partial charge < -0.3 is 4.57 Å². The van der Waals surface area contributed by atoms with E-state index in [1.807, 2.05) is 12.1 Å². The van der Waals surface area contributed by atoms with Crippen LogP contribution < -0.4 is 5.56 Å². The smallest absolute Gasteiger partial charge is 0.251 e. The molecule has 0 saturated heterocycles. The minimum absolute atomic E-state index is 0.136. The van der Waals surface area contributed by atoms with Crippen LogP contribution in [-0.2, 0) is 6.54 Å². The molecule has 1 heterocycles. The molecule has 0 aliphatic heterocycles. The number of halogens is 3. The summed E-state index contributed by atoms with van der Waals surface area (Å²) in [4.78, 5) is 12.1. The van der Waals surface area contributed by atoms with Crippen molar-refractivity contribution >= 4 is 26.8 Å². The summed E-state index contributed by atoms with van der Waals surface area (Å²) < 4.78 is 29.5. The average molecular weight is 350 g/mol. The van der Waals surface area contributed by atoms with Crippen molar-refractivity contribution in [2.45, 2.75) is 6.54 Å². The molecule has 2 aromatic carbocycles. The first kappa shape index (κ1) is 13.9. The third kappa shape index (κ3) is 2.49. The fraction of sp³-hybridized carbons (Fsp3) is 0.0625. The zero-order chi connectivity index (χ0) is 15.0. The van der Waals surface area contributed by atoms with E-state index < -0.39 is 11.6 Å². The van der Waals surface area contributed by atoms with Gasteiger partial charge in [0, 0.05) is 11.6 Å². The molecule has 0 aliphatic carbocycles. The molecular weight excluding hydrogens is 340 g/mol. The van der Waals surface area contributed by atoms with E-state index >= 15 is 0 Å². The number of aromatic nitrogens is 1. The summed E-state index contributed by atoms with van der Waals surface area (Å²) in [6.07, 6.45) is 0. The summed E-state index contributed by atoms with van der Waals surface area (Å²) in [5.74, 6) is -1.36. The SMILES string of the molecule is O=c1ccc2ccccc2n1Cc1c(F)ccc(Br)c1F. The van der Waals surface area contributed by atoms with Crippen molar-refractivity contribution in [2.24, 2.45) is 0 Å². The van der Waals surface area contributed by atoms with Crippen LogP contribution >= 0.6 is 15.9 Å². The molecule has 0 atom stereocenters. The lowest BCUT2D eigenvalue weighted by atomic mass is 10.1. The second-order valence-electron chi connectivity index (χ2n) is 4.64. The highest BCUT2D eigenvalue weighted by Crippen LogP contribution is 2.23. The maximum Gasteiger partial charge on any atom is 0.251 e. The lowest BCUT2D eigenvalue weighted by molar-refractivity contribution is 0.540. The molecule has 0 amide bonds. The van der Waals surface area contributed by atoms with Gasteiger partial charge in [-0.1, -0.05) is 18.2 Å². The summed E-state index contributed by atoms with van der Waals surface area (Å²) in [5.41, 5.74) is 0.207. The zero-order valence-electron chi connectivity index (χ0n) is 10.8. The average Bonchev–Trinajstić information content (AvgIpc) is 2.49.